The molecule has 6 rings (SSSR count). The van der Waals surface area contributed by atoms with Crippen LogP contribution in [0.3, 0.4) is 0 Å². The van der Waals surface area contributed by atoms with E-state index in [1.165, 1.54) is 22.2 Å². The standard InChI is InChI=1S/C32H30FN5O3S2/c1-21-7-12-28-34-29(36-17-15-35(16-18-36)26-6-4-3-5-25(26)33)24(30(39)38(28)20-21)19-27-31(40)37(32(42)43-27)14-13-22-8-10-23(41-2)11-9-22/h3-12,19-20H,13-18H2,1-2H3. The van der Waals surface area contributed by atoms with Crippen molar-refractivity contribution in [1.82, 2.24) is 14.3 Å². The summed E-state index contributed by atoms with van der Waals surface area (Å²) in [6.07, 6.45) is 4.01. The molecule has 2 aromatic carbocycles. The molecule has 0 aliphatic carbocycles. The van der Waals surface area contributed by atoms with Crippen molar-refractivity contribution < 1.29 is 13.9 Å². The van der Waals surface area contributed by atoms with E-state index in [9.17, 15) is 14.0 Å². The van der Waals surface area contributed by atoms with E-state index in [4.69, 9.17) is 21.9 Å². The number of hydrogen-bond acceptors (Lipinski definition) is 8. The number of methoxy groups -OCH3 is 1. The predicted molar refractivity (Wildman–Crippen MR) is 174 cm³/mol. The minimum atomic E-state index is -0.261. The minimum absolute atomic E-state index is 0.229. The van der Waals surface area contributed by atoms with E-state index in [2.05, 4.69) is 0 Å². The van der Waals surface area contributed by atoms with Gasteiger partial charge in [-0.15, -0.1) is 0 Å². The van der Waals surface area contributed by atoms with E-state index in [0.717, 1.165) is 16.9 Å². The number of para-hydroxylation sites is 1. The first-order valence-electron chi connectivity index (χ1n) is 14.0. The lowest BCUT2D eigenvalue weighted by Crippen LogP contribution is -2.47. The van der Waals surface area contributed by atoms with Gasteiger partial charge in [-0.3, -0.25) is 18.9 Å². The fraction of sp³-hybridized carbons (Fsp3) is 0.250. The van der Waals surface area contributed by atoms with Crippen LogP contribution in [0.15, 0.2) is 76.6 Å². The summed E-state index contributed by atoms with van der Waals surface area (Å²) in [5.41, 5.74) is 3.12. The summed E-state index contributed by atoms with van der Waals surface area (Å²) in [6.45, 7) is 4.52. The molecule has 2 aliphatic rings. The third kappa shape index (κ3) is 5.87. The third-order valence-electron chi connectivity index (χ3n) is 7.69. The fourth-order valence-corrected chi connectivity index (χ4v) is 6.63. The first-order valence-corrected chi connectivity index (χ1v) is 15.2. The second-order valence-electron chi connectivity index (χ2n) is 10.4. The Labute approximate surface area is 258 Å². The summed E-state index contributed by atoms with van der Waals surface area (Å²) in [5, 5.41) is 0. The van der Waals surface area contributed by atoms with Crippen molar-refractivity contribution in [2.24, 2.45) is 0 Å². The molecule has 220 valence electrons. The smallest absolute Gasteiger partial charge is 0.267 e. The number of piperazine rings is 1. The second-order valence-corrected chi connectivity index (χ2v) is 12.1. The van der Waals surface area contributed by atoms with Gasteiger partial charge in [0.2, 0.25) is 0 Å². The molecular weight excluding hydrogens is 586 g/mol. The SMILES string of the molecule is COc1ccc(CCN2C(=O)C(=Cc3c(N4CCN(c5ccccc5F)CC4)nc4ccc(C)cn4c3=O)SC2=S)cc1. The van der Waals surface area contributed by atoms with Crippen LogP contribution in [-0.2, 0) is 11.2 Å². The molecule has 8 nitrogen and oxygen atoms in total. The Morgan fingerprint density at radius 2 is 1.72 bits per heavy atom. The van der Waals surface area contributed by atoms with Crippen molar-refractivity contribution in [3.8, 4) is 5.75 Å². The van der Waals surface area contributed by atoms with Gasteiger partial charge in [0.25, 0.3) is 11.5 Å². The minimum Gasteiger partial charge on any atom is -0.497 e. The highest BCUT2D eigenvalue weighted by Gasteiger charge is 2.33. The van der Waals surface area contributed by atoms with Gasteiger partial charge in [-0.2, -0.15) is 0 Å². The lowest BCUT2D eigenvalue weighted by Gasteiger charge is -2.37. The Morgan fingerprint density at radius 1 is 1.00 bits per heavy atom. The second kappa shape index (κ2) is 12.2. The molecular formula is C32H30FN5O3S2. The number of rotatable bonds is 7. The van der Waals surface area contributed by atoms with Gasteiger partial charge >= 0.3 is 0 Å². The zero-order valence-electron chi connectivity index (χ0n) is 23.8. The van der Waals surface area contributed by atoms with Crippen molar-refractivity contribution in [1.29, 1.82) is 0 Å². The third-order valence-corrected chi connectivity index (χ3v) is 9.07. The molecule has 0 saturated carbocycles. The molecule has 2 aliphatic heterocycles. The number of fused-ring (bicyclic) bond motifs is 1. The quantitative estimate of drug-likeness (QED) is 0.214. The van der Waals surface area contributed by atoms with Crippen molar-refractivity contribution in [3.05, 3.63) is 105 Å². The van der Waals surface area contributed by atoms with Crippen LogP contribution in [0.25, 0.3) is 11.7 Å². The number of thioether (sulfide) groups is 1. The van der Waals surface area contributed by atoms with Crippen LogP contribution in [0.1, 0.15) is 16.7 Å². The number of anilines is 2. The van der Waals surface area contributed by atoms with Gasteiger partial charge in [0, 0.05) is 38.9 Å². The molecule has 2 fully saturated rings. The summed E-state index contributed by atoms with van der Waals surface area (Å²) in [6, 6.07) is 18.2. The van der Waals surface area contributed by atoms with Gasteiger partial charge in [0.15, 0.2) is 0 Å². The number of pyridine rings is 1. The fourth-order valence-electron chi connectivity index (χ4n) is 5.34. The van der Waals surface area contributed by atoms with E-state index in [0.29, 0.717) is 71.1 Å². The molecule has 2 aromatic heterocycles. The summed E-state index contributed by atoms with van der Waals surface area (Å²) >= 11 is 6.78. The number of hydrogen-bond donors (Lipinski definition) is 0. The number of carbonyl (C=O) groups is 1. The largest absolute Gasteiger partial charge is 0.497 e. The highest BCUT2D eigenvalue weighted by molar-refractivity contribution is 8.26. The Morgan fingerprint density at radius 3 is 2.44 bits per heavy atom. The Hall–Kier alpha value is -4.22. The summed E-state index contributed by atoms with van der Waals surface area (Å²) < 4.78 is 21.7. The zero-order valence-corrected chi connectivity index (χ0v) is 25.5. The van der Waals surface area contributed by atoms with E-state index in [1.807, 2.05) is 59.2 Å². The molecule has 11 heteroatoms. The number of aromatic nitrogens is 2. The van der Waals surface area contributed by atoms with Gasteiger partial charge in [0.05, 0.1) is 23.3 Å². The lowest BCUT2D eigenvalue weighted by molar-refractivity contribution is -0.122. The van der Waals surface area contributed by atoms with Gasteiger partial charge in [-0.25, -0.2) is 9.37 Å². The molecule has 0 spiro atoms. The first-order chi connectivity index (χ1) is 20.8. The van der Waals surface area contributed by atoms with E-state index in [1.54, 1.807) is 36.4 Å². The molecule has 0 radical (unpaired) electrons. The maximum absolute atomic E-state index is 14.5. The Balaban J connectivity index is 1.29. The molecule has 43 heavy (non-hydrogen) atoms. The van der Waals surface area contributed by atoms with Crippen LogP contribution in [0.4, 0.5) is 15.9 Å². The number of nitrogens with zero attached hydrogens (tertiary/aromatic N) is 5. The predicted octanol–water partition coefficient (Wildman–Crippen LogP) is 4.92. The summed E-state index contributed by atoms with van der Waals surface area (Å²) in [4.78, 5) is 38.3. The normalized spacial score (nSPS) is 16.5. The van der Waals surface area contributed by atoms with Crippen molar-refractivity contribution in [3.63, 3.8) is 0 Å². The monoisotopic (exact) mass is 615 g/mol. The number of ether oxygens (including phenoxy) is 1. The average molecular weight is 616 g/mol. The number of aryl methyl sites for hydroxylation is 1. The Kier molecular flexibility index (Phi) is 8.18. The van der Waals surface area contributed by atoms with Crippen LogP contribution in [0, 0.1) is 12.7 Å². The molecule has 2 saturated heterocycles. The zero-order chi connectivity index (χ0) is 30.1. The lowest BCUT2D eigenvalue weighted by atomic mass is 10.1. The van der Waals surface area contributed by atoms with Gasteiger partial charge in [-0.05, 0) is 60.9 Å². The van der Waals surface area contributed by atoms with Crippen LogP contribution < -0.4 is 20.1 Å². The van der Waals surface area contributed by atoms with Crippen LogP contribution >= 0.6 is 24.0 Å². The molecule has 4 heterocycles. The van der Waals surface area contributed by atoms with E-state index < -0.39 is 0 Å². The van der Waals surface area contributed by atoms with Crippen molar-refractivity contribution in [2.45, 2.75) is 13.3 Å². The van der Waals surface area contributed by atoms with Crippen LogP contribution in [0.2, 0.25) is 0 Å². The highest BCUT2D eigenvalue weighted by atomic mass is 32.2. The number of amides is 1. The van der Waals surface area contributed by atoms with Crippen molar-refractivity contribution in [2.75, 3.05) is 49.6 Å². The average Bonchev–Trinajstić information content (AvgIpc) is 3.29. The molecule has 0 unspecified atom stereocenters. The summed E-state index contributed by atoms with van der Waals surface area (Å²) in [7, 11) is 1.62. The number of halogens is 1. The summed E-state index contributed by atoms with van der Waals surface area (Å²) in [5.74, 6) is 0.786. The molecule has 4 aromatic rings. The molecule has 0 atom stereocenters. The topological polar surface area (TPSA) is 70.4 Å². The Bertz CT molecular complexity index is 1800. The highest BCUT2D eigenvalue weighted by Crippen LogP contribution is 2.34. The maximum Gasteiger partial charge on any atom is 0.267 e. The first kappa shape index (κ1) is 28.9. The van der Waals surface area contributed by atoms with Crippen molar-refractivity contribution >= 4 is 57.4 Å². The van der Waals surface area contributed by atoms with Gasteiger partial charge < -0.3 is 14.5 Å². The van der Waals surface area contributed by atoms with Crippen LogP contribution in [-0.4, -0.2) is 64.3 Å². The molecule has 0 bridgehead atoms. The van der Waals surface area contributed by atoms with Crippen LogP contribution in [0.5, 0.6) is 5.75 Å². The number of thiocarbonyl (C=S) groups is 1. The van der Waals surface area contributed by atoms with E-state index >= 15 is 0 Å². The van der Waals surface area contributed by atoms with Gasteiger partial charge in [0.1, 0.15) is 27.4 Å². The molecule has 0 N–H and O–H groups in total. The molecule has 1 amide bonds. The van der Waals surface area contributed by atoms with Gasteiger partial charge in [-0.1, -0.05) is 54.3 Å². The maximum atomic E-state index is 14.5. The number of carbonyl (C=O) groups excluding carboxylic acids is 1. The van der Waals surface area contributed by atoms with E-state index in [-0.39, 0.29) is 17.3 Å². The number of benzene rings is 2.